The van der Waals surface area contributed by atoms with E-state index in [1.165, 1.54) is 0 Å². The largest absolute Gasteiger partial charge is 0.476 e. The first kappa shape index (κ1) is 21.7. The average Bonchev–Trinajstić information content (AvgIpc) is 2.82. The van der Waals surface area contributed by atoms with Gasteiger partial charge in [0.2, 0.25) is 11.7 Å². The van der Waals surface area contributed by atoms with Crippen LogP contribution in [0.2, 0.25) is 5.02 Å². The van der Waals surface area contributed by atoms with Crippen molar-refractivity contribution in [2.75, 3.05) is 19.9 Å². The summed E-state index contributed by atoms with van der Waals surface area (Å²) in [7, 11) is 0. The number of hydrogen-bond acceptors (Lipinski definition) is 8. The zero-order chi connectivity index (χ0) is 22.3. The number of hydrogen-bond donors (Lipinski definition) is 1. The Bertz CT molecular complexity index is 1170. The number of aliphatic imine (C=N–C) groups is 2. The highest BCUT2D eigenvalue weighted by Crippen LogP contribution is 2.33. The number of para-hydroxylation sites is 2. The highest BCUT2D eigenvalue weighted by Gasteiger charge is 2.22. The molecule has 32 heavy (non-hydrogen) atoms. The summed E-state index contributed by atoms with van der Waals surface area (Å²) in [5.41, 5.74) is 0.749. The van der Waals surface area contributed by atoms with E-state index in [9.17, 15) is 5.11 Å². The molecule has 0 spiro atoms. The molecule has 0 bridgehead atoms. The Hall–Kier alpha value is -3.56. The SMILES string of the molecule is OC/N=C(/C1=NCCCO1)c1ccccc1Oc1ncnc(Oc2ccccc2Cl)c1F. The summed E-state index contributed by atoms with van der Waals surface area (Å²) in [5.74, 6) is -0.851. The van der Waals surface area contributed by atoms with Gasteiger partial charge < -0.3 is 19.3 Å². The van der Waals surface area contributed by atoms with Gasteiger partial charge in [0, 0.05) is 18.5 Å². The molecule has 3 aromatic rings. The Labute approximate surface area is 188 Å². The summed E-state index contributed by atoms with van der Waals surface area (Å²) < 4.78 is 31.9. The molecule has 0 atom stereocenters. The fourth-order valence-electron chi connectivity index (χ4n) is 2.91. The van der Waals surface area contributed by atoms with Crippen LogP contribution in [-0.2, 0) is 4.74 Å². The van der Waals surface area contributed by atoms with E-state index in [4.69, 9.17) is 25.8 Å². The molecule has 4 rings (SSSR count). The number of rotatable bonds is 7. The molecule has 0 radical (unpaired) electrons. The van der Waals surface area contributed by atoms with Gasteiger partial charge in [0.15, 0.2) is 0 Å². The summed E-state index contributed by atoms with van der Waals surface area (Å²) in [6.45, 7) is 0.575. The Morgan fingerprint density at radius 2 is 1.75 bits per heavy atom. The van der Waals surface area contributed by atoms with E-state index >= 15 is 4.39 Å². The van der Waals surface area contributed by atoms with E-state index in [1.807, 2.05) is 0 Å². The molecule has 1 N–H and O–H groups in total. The summed E-state index contributed by atoms with van der Waals surface area (Å²) in [6.07, 6.45) is 1.90. The van der Waals surface area contributed by atoms with E-state index in [-0.39, 0.29) is 29.2 Å². The predicted molar refractivity (Wildman–Crippen MR) is 117 cm³/mol. The molecule has 1 aliphatic rings. The maximum Gasteiger partial charge on any atom is 0.263 e. The number of ether oxygens (including phenoxy) is 3. The molecule has 1 aliphatic heterocycles. The number of aromatic nitrogens is 2. The summed E-state index contributed by atoms with van der Waals surface area (Å²) in [5, 5.41) is 9.71. The minimum absolute atomic E-state index is 0.234. The Kier molecular flexibility index (Phi) is 6.88. The van der Waals surface area contributed by atoms with Gasteiger partial charge in [-0.3, -0.25) is 4.99 Å². The molecule has 2 heterocycles. The first-order valence-corrected chi connectivity index (χ1v) is 10.1. The van der Waals surface area contributed by atoms with Crippen LogP contribution >= 0.6 is 11.6 Å². The van der Waals surface area contributed by atoms with Gasteiger partial charge in [-0.05, 0) is 24.3 Å². The van der Waals surface area contributed by atoms with Crippen molar-refractivity contribution in [2.45, 2.75) is 6.42 Å². The zero-order valence-electron chi connectivity index (χ0n) is 16.7. The highest BCUT2D eigenvalue weighted by molar-refractivity contribution is 6.46. The molecule has 0 aliphatic carbocycles. The number of benzene rings is 2. The quantitative estimate of drug-likeness (QED) is 0.529. The van der Waals surface area contributed by atoms with Crippen LogP contribution in [0.1, 0.15) is 12.0 Å². The molecule has 0 amide bonds. The smallest absolute Gasteiger partial charge is 0.263 e. The monoisotopic (exact) mass is 456 g/mol. The van der Waals surface area contributed by atoms with Crippen molar-refractivity contribution in [3.8, 4) is 23.3 Å². The van der Waals surface area contributed by atoms with Gasteiger partial charge in [0.05, 0.1) is 11.6 Å². The zero-order valence-corrected chi connectivity index (χ0v) is 17.5. The van der Waals surface area contributed by atoms with Gasteiger partial charge in [-0.1, -0.05) is 35.9 Å². The molecular weight excluding hydrogens is 439 g/mol. The van der Waals surface area contributed by atoms with Crippen molar-refractivity contribution in [3.63, 3.8) is 0 Å². The van der Waals surface area contributed by atoms with Gasteiger partial charge >= 0.3 is 0 Å². The van der Waals surface area contributed by atoms with Crippen LogP contribution in [0.15, 0.2) is 64.8 Å². The van der Waals surface area contributed by atoms with E-state index in [1.54, 1.807) is 48.5 Å². The van der Waals surface area contributed by atoms with Gasteiger partial charge in [0.25, 0.3) is 11.8 Å². The second kappa shape index (κ2) is 10.2. The normalized spacial score (nSPS) is 13.8. The van der Waals surface area contributed by atoms with E-state index in [2.05, 4.69) is 20.0 Å². The van der Waals surface area contributed by atoms with Crippen LogP contribution in [0.3, 0.4) is 0 Å². The lowest BCUT2D eigenvalue weighted by Gasteiger charge is -2.18. The minimum atomic E-state index is -0.908. The molecule has 0 fully saturated rings. The fraction of sp³-hybridized carbons (Fsp3) is 0.182. The van der Waals surface area contributed by atoms with Crippen LogP contribution in [0, 0.1) is 5.82 Å². The van der Waals surface area contributed by atoms with Crippen molar-refractivity contribution in [2.24, 2.45) is 9.98 Å². The molecule has 0 unspecified atom stereocenters. The average molecular weight is 457 g/mol. The van der Waals surface area contributed by atoms with Crippen LogP contribution < -0.4 is 9.47 Å². The third-order valence-electron chi connectivity index (χ3n) is 4.35. The highest BCUT2D eigenvalue weighted by atomic mass is 35.5. The lowest BCUT2D eigenvalue weighted by Crippen LogP contribution is -2.24. The molecule has 2 aromatic carbocycles. The third-order valence-corrected chi connectivity index (χ3v) is 4.66. The van der Waals surface area contributed by atoms with Crippen LogP contribution in [0.4, 0.5) is 4.39 Å². The number of nitrogens with zero attached hydrogens (tertiary/aromatic N) is 4. The molecule has 164 valence electrons. The second-order valence-electron chi connectivity index (χ2n) is 6.47. The number of aliphatic hydroxyl groups excluding tert-OH is 1. The van der Waals surface area contributed by atoms with Gasteiger partial charge in [-0.15, -0.1) is 0 Å². The lowest BCUT2D eigenvalue weighted by atomic mass is 10.1. The number of halogens is 2. The van der Waals surface area contributed by atoms with Crippen LogP contribution in [0.25, 0.3) is 0 Å². The summed E-state index contributed by atoms with van der Waals surface area (Å²) >= 11 is 6.08. The van der Waals surface area contributed by atoms with E-state index in [0.29, 0.717) is 29.4 Å². The van der Waals surface area contributed by atoms with Crippen molar-refractivity contribution in [1.29, 1.82) is 0 Å². The first-order valence-electron chi connectivity index (χ1n) is 9.70. The Balaban J connectivity index is 1.66. The van der Waals surface area contributed by atoms with E-state index in [0.717, 1.165) is 12.7 Å². The fourth-order valence-corrected chi connectivity index (χ4v) is 3.08. The van der Waals surface area contributed by atoms with E-state index < -0.39 is 12.5 Å². The molecule has 0 saturated carbocycles. The van der Waals surface area contributed by atoms with Crippen molar-refractivity contribution >= 4 is 23.2 Å². The third kappa shape index (κ3) is 4.84. The topological polar surface area (TPSA) is 98.4 Å². The molecule has 1 aromatic heterocycles. The minimum Gasteiger partial charge on any atom is -0.476 e. The van der Waals surface area contributed by atoms with Crippen molar-refractivity contribution in [1.82, 2.24) is 9.97 Å². The van der Waals surface area contributed by atoms with Crippen molar-refractivity contribution < 1.29 is 23.7 Å². The molecule has 0 saturated heterocycles. The maximum absolute atomic E-state index is 15.1. The first-order chi connectivity index (χ1) is 15.7. The van der Waals surface area contributed by atoms with Crippen LogP contribution in [-0.4, -0.2) is 46.6 Å². The second-order valence-corrected chi connectivity index (χ2v) is 6.87. The summed E-state index contributed by atoms with van der Waals surface area (Å²) in [4.78, 5) is 16.1. The van der Waals surface area contributed by atoms with Gasteiger partial charge in [0.1, 0.15) is 30.3 Å². The summed E-state index contributed by atoms with van der Waals surface area (Å²) in [6, 6.07) is 13.4. The predicted octanol–water partition coefficient (Wildman–Crippen LogP) is 4.41. The molecule has 10 heteroatoms. The Morgan fingerprint density at radius 3 is 2.44 bits per heavy atom. The lowest BCUT2D eigenvalue weighted by molar-refractivity contribution is 0.286. The van der Waals surface area contributed by atoms with Crippen molar-refractivity contribution in [3.05, 3.63) is 71.3 Å². The maximum atomic E-state index is 15.1. The molecular formula is C22H18ClFN4O4. The van der Waals surface area contributed by atoms with Gasteiger partial charge in [-0.2, -0.15) is 14.4 Å². The number of aliphatic hydroxyl groups is 1. The van der Waals surface area contributed by atoms with Gasteiger partial charge in [-0.25, -0.2) is 4.99 Å². The molecule has 8 nitrogen and oxygen atoms in total. The standard InChI is InChI=1S/C22H18ClFN4O4/c23-15-7-2-4-9-17(15)32-21-18(24)20(26-12-27-21)31-16-8-3-1-6-14(16)19(28-13-29)22-25-10-5-11-30-22/h1-4,6-9,12,29H,5,10-11,13H2/b28-19+. The Morgan fingerprint density at radius 1 is 1.06 bits per heavy atom. The van der Waals surface area contributed by atoms with Crippen LogP contribution in [0.5, 0.6) is 23.3 Å².